The summed E-state index contributed by atoms with van der Waals surface area (Å²) in [5.74, 6) is -1.47. The highest BCUT2D eigenvalue weighted by atomic mass is 16.5. The Kier molecular flexibility index (Phi) is 9.49. The Balaban J connectivity index is 3.47. The number of aliphatic carboxylic acids is 1. The lowest BCUT2D eigenvalue weighted by Gasteiger charge is -2.10. The molecule has 0 amide bonds. The molecule has 0 spiro atoms. The smallest absolute Gasteiger partial charge is 0.308 e. The molecule has 0 radical (unpaired) electrons. The Hall–Kier alpha value is -1.06. The predicted molar refractivity (Wildman–Crippen MR) is 65.8 cm³/mol. The van der Waals surface area contributed by atoms with E-state index in [9.17, 15) is 9.59 Å². The van der Waals surface area contributed by atoms with E-state index >= 15 is 0 Å². The molecule has 1 unspecified atom stereocenters. The van der Waals surface area contributed by atoms with Crippen LogP contribution in [0.5, 0.6) is 0 Å². The Morgan fingerprint density at radius 3 is 2.41 bits per heavy atom. The molecule has 0 aliphatic heterocycles. The Morgan fingerprint density at radius 2 is 1.82 bits per heavy atom. The second-order valence-corrected chi connectivity index (χ2v) is 4.42. The van der Waals surface area contributed by atoms with Gasteiger partial charge in [-0.1, -0.05) is 39.5 Å². The summed E-state index contributed by atoms with van der Waals surface area (Å²) < 4.78 is 5.08. The monoisotopic (exact) mass is 244 g/mol. The van der Waals surface area contributed by atoms with Crippen LogP contribution in [0.25, 0.3) is 0 Å². The number of esters is 1. The first-order chi connectivity index (χ1) is 8.07. The molecule has 4 heteroatoms. The molecular formula is C13H24O4. The summed E-state index contributed by atoms with van der Waals surface area (Å²) in [6.45, 7) is 4.33. The van der Waals surface area contributed by atoms with Crippen molar-refractivity contribution in [2.24, 2.45) is 5.92 Å². The van der Waals surface area contributed by atoms with Crippen LogP contribution in [-0.4, -0.2) is 23.7 Å². The highest BCUT2D eigenvalue weighted by Crippen LogP contribution is 2.09. The summed E-state index contributed by atoms with van der Waals surface area (Å²) in [6, 6.07) is 0. The summed E-state index contributed by atoms with van der Waals surface area (Å²) in [5.41, 5.74) is 0. The van der Waals surface area contributed by atoms with Crippen LogP contribution in [-0.2, 0) is 14.3 Å². The first-order valence-corrected chi connectivity index (χ1v) is 6.46. The van der Waals surface area contributed by atoms with Crippen LogP contribution in [0.15, 0.2) is 0 Å². The van der Waals surface area contributed by atoms with E-state index in [2.05, 4.69) is 6.92 Å². The van der Waals surface area contributed by atoms with Gasteiger partial charge in [0, 0.05) is 6.42 Å². The third kappa shape index (κ3) is 9.85. The molecule has 1 N–H and O–H groups in total. The fourth-order valence-corrected chi connectivity index (χ4v) is 1.48. The van der Waals surface area contributed by atoms with E-state index in [1.165, 1.54) is 19.3 Å². The zero-order valence-corrected chi connectivity index (χ0v) is 10.9. The molecule has 0 fully saturated rings. The number of carboxylic acid groups (broad SMARTS) is 1. The topological polar surface area (TPSA) is 63.6 Å². The number of hydrogen-bond donors (Lipinski definition) is 1. The lowest BCUT2D eigenvalue weighted by molar-refractivity contribution is -0.148. The van der Waals surface area contributed by atoms with Crippen molar-refractivity contribution >= 4 is 11.9 Å². The van der Waals surface area contributed by atoms with Gasteiger partial charge in [0.25, 0.3) is 0 Å². The van der Waals surface area contributed by atoms with E-state index in [0.717, 1.165) is 12.8 Å². The molecule has 0 aliphatic rings. The summed E-state index contributed by atoms with van der Waals surface area (Å²) in [5, 5.41) is 8.49. The van der Waals surface area contributed by atoms with Crippen LogP contribution in [0.2, 0.25) is 0 Å². The van der Waals surface area contributed by atoms with Crippen LogP contribution < -0.4 is 0 Å². The summed E-state index contributed by atoms with van der Waals surface area (Å²) in [4.78, 5) is 21.8. The highest BCUT2D eigenvalue weighted by molar-refractivity contribution is 5.73. The zero-order chi connectivity index (χ0) is 13.1. The third-order valence-corrected chi connectivity index (χ3v) is 2.69. The lowest BCUT2D eigenvalue weighted by atomic mass is 10.1. The van der Waals surface area contributed by atoms with Crippen molar-refractivity contribution in [3.05, 3.63) is 0 Å². The molecule has 0 aromatic rings. The molecule has 0 rings (SSSR count). The number of rotatable bonds is 10. The number of carbonyl (C=O) groups is 2. The maximum atomic E-state index is 11.4. The van der Waals surface area contributed by atoms with Gasteiger partial charge in [0.15, 0.2) is 0 Å². The standard InChI is InChI=1S/C13H24O4/c1-3-4-5-6-7-10-17-13(16)11(2)8-9-12(14)15/h11H,3-10H2,1-2H3,(H,14,15). The fourth-order valence-electron chi connectivity index (χ4n) is 1.48. The SMILES string of the molecule is CCCCCCCOC(=O)C(C)CCC(=O)O. The number of ether oxygens (including phenoxy) is 1. The van der Waals surface area contributed by atoms with Crippen molar-refractivity contribution in [2.75, 3.05) is 6.61 Å². The van der Waals surface area contributed by atoms with Gasteiger partial charge < -0.3 is 9.84 Å². The van der Waals surface area contributed by atoms with Crippen LogP contribution >= 0.6 is 0 Å². The predicted octanol–water partition coefficient (Wildman–Crippen LogP) is 3.00. The minimum atomic E-state index is -0.871. The Morgan fingerprint density at radius 1 is 1.18 bits per heavy atom. The molecule has 4 nitrogen and oxygen atoms in total. The Bertz CT molecular complexity index is 225. The average molecular weight is 244 g/mol. The van der Waals surface area contributed by atoms with E-state index in [1.807, 2.05) is 0 Å². The van der Waals surface area contributed by atoms with Gasteiger partial charge in [-0.25, -0.2) is 0 Å². The molecular weight excluding hydrogens is 220 g/mol. The van der Waals surface area contributed by atoms with Crippen LogP contribution in [0.4, 0.5) is 0 Å². The molecule has 17 heavy (non-hydrogen) atoms. The van der Waals surface area contributed by atoms with Gasteiger partial charge in [-0.15, -0.1) is 0 Å². The van der Waals surface area contributed by atoms with E-state index in [-0.39, 0.29) is 18.3 Å². The van der Waals surface area contributed by atoms with Crippen molar-refractivity contribution in [1.82, 2.24) is 0 Å². The van der Waals surface area contributed by atoms with Gasteiger partial charge in [0.1, 0.15) is 0 Å². The van der Waals surface area contributed by atoms with Gasteiger partial charge in [-0.05, 0) is 12.8 Å². The molecule has 0 aliphatic carbocycles. The van der Waals surface area contributed by atoms with Gasteiger partial charge in [0.2, 0.25) is 0 Å². The third-order valence-electron chi connectivity index (χ3n) is 2.69. The number of carbonyl (C=O) groups excluding carboxylic acids is 1. The maximum absolute atomic E-state index is 11.4. The number of hydrogen-bond acceptors (Lipinski definition) is 3. The lowest BCUT2D eigenvalue weighted by Crippen LogP contribution is -2.16. The molecule has 0 saturated heterocycles. The quantitative estimate of drug-likeness (QED) is 0.474. The summed E-state index contributed by atoms with van der Waals surface area (Å²) in [7, 11) is 0. The van der Waals surface area contributed by atoms with Gasteiger partial charge in [-0.2, -0.15) is 0 Å². The molecule has 0 aromatic carbocycles. The minimum absolute atomic E-state index is 0.0206. The van der Waals surface area contributed by atoms with Gasteiger partial charge in [0.05, 0.1) is 12.5 Å². The van der Waals surface area contributed by atoms with Crippen LogP contribution in [0.3, 0.4) is 0 Å². The first kappa shape index (κ1) is 15.9. The second-order valence-electron chi connectivity index (χ2n) is 4.42. The minimum Gasteiger partial charge on any atom is -0.481 e. The first-order valence-electron chi connectivity index (χ1n) is 6.46. The van der Waals surface area contributed by atoms with E-state index in [0.29, 0.717) is 13.0 Å². The maximum Gasteiger partial charge on any atom is 0.308 e. The molecule has 0 bridgehead atoms. The largest absolute Gasteiger partial charge is 0.481 e. The molecule has 0 aromatic heterocycles. The van der Waals surface area contributed by atoms with Crippen molar-refractivity contribution in [1.29, 1.82) is 0 Å². The van der Waals surface area contributed by atoms with E-state index in [1.54, 1.807) is 6.92 Å². The number of unbranched alkanes of at least 4 members (excludes halogenated alkanes) is 4. The molecule has 1 atom stereocenters. The second kappa shape index (κ2) is 10.1. The number of carboxylic acids is 1. The highest BCUT2D eigenvalue weighted by Gasteiger charge is 2.15. The summed E-state index contributed by atoms with van der Waals surface area (Å²) in [6.07, 6.45) is 5.97. The van der Waals surface area contributed by atoms with Gasteiger partial charge >= 0.3 is 11.9 Å². The van der Waals surface area contributed by atoms with Gasteiger partial charge in [-0.3, -0.25) is 9.59 Å². The average Bonchev–Trinajstić information content (AvgIpc) is 2.30. The van der Waals surface area contributed by atoms with Crippen molar-refractivity contribution in [3.8, 4) is 0 Å². The summed E-state index contributed by atoms with van der Waals surface area (Å²) >= 11 is 0. The van der Waals surface area contributed by atoms with Crippen LogP contribution in [0.1, 0.15) is 58.8 Å². The van der Waals surface area contributed by atoms with E-state index in [4.69, 9.17) is 9.84 Å². The Labute approximate surface area is 103 Å². The van der Waals surface area contributed by atoms with Crippen molar-refractivity contribution in [2.45, 2.75) is 58.8 Å². The molecule has 0 saturated carbocycles. The zero-order valence-electron chi connectivity index (χ0n) is 10.9. The van der Waals surface area contributed by atoms with Crippen molar-refractivity contribution < 1.29 is 19.4 Å². The fraction of sp³-hybridized carbons (Fsp3) is 0.846. The molecule has 0 heterocycles. The van der Waals surface area contributed by atoms with Crippen LogP contribution in [0, 0.1) is 5.92 Å². The molecule has 100 valence electrons. The van der Waals surface area contributed by atoms with Crippen molar-refractivity contribution in [3.63, 3.8) is 0 Å². The normalized spacial score (nSPS) is 12.1. The van der Waals surface area contributed by atoms with E-state index < -0.39 is 5.97 Å².